The van der Waals surface area contributed by atoms with E-state index in [9.17, 15) is 9.59 Å². The molecule has 0 bridgehead atoms. The summed E-state index contributed by atoms with van der Waals surface area (Å²) in [5.74, 6) is 0.403. The first kappa shape index (κ1) is 18.1. The van der Waals surface area contributed by atoms with E-state index in [1.807, 2.05) is 30.3 Å². The molecule has 1 aromatic heterocycles. The SMILES string of the molecule is CNC(=O)c1cccc(NC(=O)NCc2nncn2-c2ccccc2)c1C. The number of carbonyl (C=O) groups excluding carboxylic acids is 2. The lowest BCUT2D eigenvalue weighted by Gasteiger charge is -2.13. The molecule has 0 unspecified atom stereocenters. The zero-order chi connectivity index (χ0) is 19.2. The van der Waals surface area contributed by atoms with E-state index in [4.69, 9.17) is 0 Å². The molecule has 0 spiro atoms. The molecule has 0 radical (unpaired) electrons. The van der Waals surface area contributed by atoms with Gasteiger partial charge in [0.2, 0.25) is 0 Å². The Labute approximate surface area is 156 Å². The Balaban J connectivity index is 1.67. The minimum absolute atomic E-state index is 0.201. The van der Waals surface area contributed by atoms with Crippen LogP contribution >= 0.6 is 0 Å². The molecule has 2 aromatic carbocycles. The highest BCUT2D eigenvalue weighted by molar-refractivity contribution is 5.98. The molecule has 0 aliphatic rings. The molecular formula is C19H20N6O2. The zero-order valence-electron chi connectivity index (χ0n) is 15.1. The Morgan fingerprint density at radius 3 is 2.59 bits per heavy atom. The van der Waals surface area contributed by atoms with Crippen LogP contribution in [-0.4, -0.2) is 33.8 Å². The van der Waals surface area contributed by atoms with Gasteiger partial charge >= 0.3 is 6.03 Å². The minimum Gasteiger partial charge on any atom is -0.355 e. The van der Waals surface area contributed by atoms with Crippen molar-refractivity contribution in [3.8, 4) is 5.69 Å². The quantitative estimate of drug-likeness (QED) is 0.646. The van der Waals surface area contributed by atoms with Crippen molar-refractivity contribution in [2.75, 3.05) is 12.4 Å². The lowest BCUT2D eigenvalue weighted by Crippen LogP contribution is -2.30. The third kappa shape index (κ3) is 4.12. The van der Waals surface area contributed by atoms with E-state index >= 15 is 0 Å². The second-order valence-electron chi connectivity index (χ2n) is 5.82. The Kier molecular flexibility index (Phi) is 5.46. The van der Waals surface area contributed by atoms with Gasteiger partial charge in [-0.25, -0.2) is 4.79 Å². The molecule has 3 rings (SSSR count). The van der Waals surface area contributed by atoms with Crippen LogP contribution in [0.15, 0.2) is 54.9 Å². The third-order valence-corrected chi connectivity index (χ3v) is 4.11. The monoisotopic (exact) mass is 364 g/mol. The molecule has 0 saturated carbocycles. The van der Waals surface area contributed by atoms with Crippen LogP contribution in [0, 0.1) is 6.92 Å². The number of hydrogen-bond acceptors (Lipinski definition) is 4. The predicted octanol–water partition coefficient (Wildman–Crippen LogP) is 2.26. The van der Waals surface area contributed by atoms with Crippen molar-refractivity contribution in [3.05, 3.63) is 71.8 Å². The Bertz CT molecular complexity index is 952. The lowest BCUT2D eigenvalue weighted by atomic mass is 10.1. The van der Waals surface area contributed by atoms with Crippen molar-refractivity contribution < 1.29 is 9.59 Å². The lowest BCUT2D eigenvalue weighted by molar-refractivity contribution is 0.0962. The smallest absolute Gasteiger partial charge is 0.319 e. The fourth-order valence-electron chi connectivity index (χ4n) is 2.66. The van der Waals surface area contributed by atoms with Crippen molar-refractivity contribution in [1.29, 1.82) is 0 Å². The largest absolute Gasteiger partial charge is 0.355 e. The molecule has 138 valence electrons. The van der Waals surface area contributed by atoms with Crippen molar-refractivity contribution in [3.63, 3.8) is 0 Å². The van der Waals surface area contributed by atoms with E-state index in [1.54, 1.807) is 43.1 Å². The summed E-state index contributed by atoms with van der Waals surface area (Å²) in [6.45, 7) is 1.99. The van der Waals surface area contributed by atoms with Gasteiger partial charge < -0.3 is 16.0 Å². The normalized spacial score (nSPS) is 10.3. The molecule has 0 aliphatic heterocycles. The van der Waals surface area contributed by atoms with E-state index in [0.29, 0.717) is 22.6 Å². The number of nitrogens with one attached hydrogen (secondary N) is 3. The van der Waals surface area contributed by atoms with Crippen LogP contribution in [0.3, 0.4) is 0 Å². The maximum atomic E-state index is 12.3. The molecule has 3 amide bonds. The van der Waals surface area contributed by atoms with Gasteiger partial charge in [-0.3, -0.25) is 9.36 Å². The number of urea groups is 1. The summed E-state index contributed by atoms with van der Waals surface area (Å²) < 4.78 is 1.80. The Morgan fingerprint density at radius 2 is 1.85 bits per heavy atom. The second kappa shape index (κ2) is 8.13. The molecular weight excluding hydrogens is 344 g/mol. The number of para-hydroxylation sites is 1. The van der Waals surface area contributed by atoms with E-state index in [2.05, 4.69) is 26.1 Å². The highest BCUT2D eigenvalue weighted by Crippen LogP contribution is 2.19. The van der Waals surface area contributed by atoms with Crippen molar-refractivity contribution in [2.45, 2.75) is 13.5 Å². The fraction of sp³-hybridized carbons (Fsp3) is 0.158. The average molecular weight is 364 g/mol. The van der Waals surface area contributed by atoms with Crippen LogP contribution < -0.4 is 16.0 Å². The van der Waals surface area contributed by atoms with E-state index in [1.165, 1.54) is 0 Å². The van der Waals surface area contributed by atoms with Gasteiger partial charge in [0.1, 0.15) is 6.33 Å². The van der Waals surface area contributed by atoms with Gasteiger partial charge in [0.25, 0.3) is 5.91 Å². The summed E-state index contributed by atoms with van der Waals surface area (Å²) in [7, 11) is 1.57. The highest BCUT2D eigenvalue weighted by atomic mass is 16.2. The van der Waals surface area contributed by atoms with Crippen LogP contribution in [0.1, 0.15) is 21.7 Å². The minimum atomic E-state index is -0.394. The van der Waals surface area contributed by atoms with E-state index in [-0.39, 0.29) is 12.5 Å². The summed E-state index contributed by atoms with van der Waals surface area (Å²) in [4.78, 5) is 24.1. The van der Waals surface area contributed by atoms with Crippen LogP contribution in [-0.2, 0) is 6.54 Å². The van der Waals surface area contributed by atoms with Gasteiger partial charge in [0.15, 0.2) is 5.82 Å². The third-order valence-electron chi connectivity index (χ3n) is 4.11. The topological polar surface area (TPSA) is 101 Å². The number of amides is 3. The molecule has 3 aromatic rings. The van der Waals surface area contributed by atoms with Crippen LogP contribution in [0.4, 0.5) is 10.5 Å². The number of anilines is 1. The van der Waals surface area contributed by atoms with Gasteiger partial charge in [0, 0.05) is 24.0 Å². The number of rotatable bonds is 5. The maximum Gasteiger partial charge on any atom is 0.319 e. The van der Waals surface area contributed by atoms with Crippen molar-refractivity contribution in [2.24, 2.45) is 0 Å². The second-order valence-corrected chi connectivity index (χ2v) is 5.82. The van der Waals surface area contributed by atoms with Crippen molar-refractivity contribution in [1.82, 2.24) is 25.4 Å². The molecule has 0 atom stereocenters. The molecule has 8 heteroatoms. The summed E-state index contributed by atoms with van der Waals surface area (Å²) >= 11 is 0. The molecule has 3 N–H and O–H groups in total. The number of hydrogen-bond donors (Lipinski definition) is 3. The summed E-state index contributed by atoms with van der Waals surface area (Å²) in [5.41, 5.74) is 2.69. The zero-order valence-corrected chi connectivity index (χ0v) is 15.1. The first-order valence-electron chi connectivity index (χ1n) is 8.41. The first-order valence-corrected chi connectivity index (χ1v) is 8.41. The van der Waals surface area contributed by atoms with E-state index < -0.39 is 6.03 Å². The van der Waals surface area contributed by atoms with Crippen LogP contribution in [0.2, 0.25) is 0 Å². The van der Waals surface area contributed by atoms with Gasteiger partial charge in [-0.1, -0.05) is 24.3 Å². The Morgan fingerprint density at radius 1 is 1.07 bits per heavy atom. The highest BCUT2D eigenvalue weighted by Gasteiger charge is 2.13. The molecule has 8 nitrogen and oxygen atoms in total. The molecule has 0 saturated heterocycles. The van der Waals surface area contributed by atoms with Crippen LogP contribution in [0.25, 0.3) is 5.69 Å². The number of nitrogens with zero attached hydrogens (tertiary/aromatic N) is 3. The summed E-state index contributed by atoms with van der Waals surface area (Å²) in [6.07, 6.45) is 1.60. The van der Waals surface area contributed by atoms with Gasteiger partial charge in [-0.2, -0.15) is 0 Å². The Hall–Kier alpha value is -3.68. The number of aromatic nitrogens is 3. The fourth-order valence-corrected chi connectivity index (χ4v) is 2.66. The molecule has 27 heavy (non-hydrogen) atoms. The maximum absolute atomic E-state index is 12.3. The van der Waals surface area contributed by atoms with Gasteiger partial charge in [-0.15, -0.1) is 10.2 Å². The summed E-state index contributed by atoms with van der Waals surface area (Å²) in [5, 5.41) is 16.1. The standard InChI is InChI=1S/C19H20N6O2/c1-13-15(18(26)20-2)9-6-10-16(13)23-19(27)21-11-17-24-22-12-25(17)14-7-4-3-5-8-14/h3-10,12H,11H2,1-2H3,(H,20,26)(H2,21,23,27). The predicted molar refractivity (Wildman–Crippen MR) is 102 cm³/mol. The van der Waals surface area contributed by atoms with Gasteiger partial charge in [0.05, 0.1) is 6.54 Å². The number of carbonyl (C=O) groups is 2. The molecule has 0 fully saturated rings. The molecule has 0 aliphatic carbocycles. The van der Waals surface area contributed by atoms with Crippen molar-refractivity contribution >= 4 is 17.6 Å². The number of benzene rings is 2. The average Bonchev–Trinajstić information content (AvgIpc) is 3.17. The van der Waals surface area contributed by atoms with Crippen LogP contribution in [0.5, 0.6) is 0 Å². The first-order chi connectivity index (χ1) is 13.1. The summed E-state index contributed by atoms with van der Waals surface area (Å²) in [6, 6.07) is 14.4. The molecule has 1 heterocycles. The van der Waals surface area contributed by atoms with E-state index in [0.717, 1.165) is 5.69 Å². The van der Waals surface area contributed by atoms with Gasteiger partial charge in [-0.05, 0) is 36.8 Å².